The quantitative estimate of drug-likeness (QED) is 0.499. The highest BCUT2D eigenvalue weighted by atomic mass is 32.2. The summed E-state index contributed by atoms with van der Waals surface area (Å²) in [6.07, 6.45) is 0. The molecule has 1 unspecified atom stereocenters. The number of carbonyl (C=O) groups is 1. The second-order valence-electron chi connectivity index (χ2n) is 5.56. The molecule has 0 saturated carbocycles. The molecule has 3 rings (SSSR count). The average Bonchev–Trinajstić information content (AvgIpc) is 3.10. The molecule has 0 aliphatic heterocycles. The summed E-state index contributed by atoms with van der Waals surface area (Å²) in [7, 11) is 1.62. The standard InChI is InChI=1S/C18H18N4O2S/c1-12-4-6-14(7-5-12)17(23)13(2)25-18-19-20-21-22(18)15-8-10-16(24-3)11-9-15/h4-11,13H,1-3H3. The molecule has 2 aromatic carbocycles. The smallest absolute Gasteiger partial charge is 0.214 e. The van der Waals surface area contributed by atoms with E-state index in [0.717, 1.165) is 17.0 Å². The van der Waals surface area contributed by atoms with E-state index in [0.29, 0.717) is 10.7 Å². The predicted molar refractivity (Wildman–Crippen MR) is 96.5 cm³/mol. The molecule has 3 aromatic rings. The SMILES string of the molecule is COc1ccc(-n2nnnc2SC(C)C(=O)c2ccc(C)cc2)cc1. The molecular formula is C18H18N4O2S. The molecule has 0 amide bonds. The van der Waals surface area contributed by atoms with Crippen LogP contribution in [0.1, 0.15) is 22.8 Å². The number of tetrazole rings is 1. The summed E-state index contributed by atoms with van der Waals surface area (Å²) in [5, 5.41) is 12.1. The molecule has 0 aliphatic carbocycles. The van der Waals surface area contributed by atoms with Crippen LogP contribution in [0.15, 0.2) is 53.7 Å². The van der Waals surface area contributed by atoms with Crippen LogP contribution in [0, 0.1) is 6.92 Å². The largest absolute Gasteiger partial charge is 0.497 e. The van der Waals surface area contributed by atoms with Gasteiger partial charge < -0.3 is 4.74 Å². The lowest BCUT2D eigenvalue weighted by atomic mass is 10.1. The fourth-order valence-electron chi connectivity index (χ4n) is 2.30. The molecule has 0 bridgehead atoms. The van der Waals surface area contributed by atoms with Crippen LogP contribution in [0.5, 0.6) is 5.75 Å². The first kappa shape index (κ1) is 17.2. The van der Waals surface area contributed by atoms with Gasteiger partial charge in [0.15, 0.2) is 5.78 Å². The summed E-state index contributed by atoms with van der Waals surface area (Å²) >= 11 is 1.33. The highest BCUT2D eigenvalue weighted by Crippen LogP contribution is 2.26. The van der Waals surface area contributed by atoms with Crippen molar-refractivity contribution in [2.24, 2.45) is 0 Å². The number of benzene rings is 2. The lowest BCUT2D eigenvalue weighted by molar-refractivity contribution is 0.0994. The maximum atomic E-state index is 12.6. The summed E-state index contributed by atoms with van der Waals surface area (Å²) < 4.78 is 6.77. The number of aryl methyl sites for hydroxylation is 1. The van der Waals surface area contributed by atoms with Gasteiger partial charge in [0.05, 0.1) is 18.0 Å². The maximum absolute atomic E-state index is 12.6. The van der Waals surface area contributed by atoms with Gasteiger partial charge in [-0.25, -0.2) is 0 Å². The summed E-state index contributed by atoms with van der Waals surface area (Å²) in [6, 6.07) is 15.0. The number of Topliss-reactive ketones (excluding diaryl/α,β-unsaturated/α-hetero) is 1. The number of ketones is 1. The first-order chi connectivity index (χ1) is 12.1. The molecule has 1 atom stereocenters. The second-order valence-corrected chi connectivity index (χ2v) is 6.87. The lowest BCUT2D eigenvalue weighted by Gasteiger charge is -2.10. The fraction of sp³-hybridized carbons (Fsp3) is 0.222. The van der Waals surface area contributed by atoms with Crippen molar-refractivity contribution >= 4 is 17.5 Å². The van der Waals surface area contributed by atoms with Crippen molar-refractivity contribution < 1.29 is 9.53 Å². The van der Waals surface area contributed by atoms with Crippen molar-refractivity contribution in [3.63, 3.8) is 0 Å². The molecule has 128 valence electrons. The third-order valence-corrected chi connectivity index (χ3v) is 4.78. The highest BCUT2D eigenvalue weighted by Gasteiger charge is 2.20. The summed E-state index contributed by atoms with van der Waals surface area (Å²) in [4.78, 5) is 12.6. The molecule has 0 saturated heterocycles. The van der Waals surface area contributed by atoms with Crippen LogP contribution in [-0.4, -0.2) is 38.4 Å². The topological polar surface area (TPSA) is 69.9 Å². The van der Waals surface area contributed by atoms with E-state index in [4.69, 9.17) is 4.74 Å². The van der Waals surface area contributed by atoms with Crippen molar-refractivity contribution in [3.05, 3.63) is 59.7 Å². The van der Waals surface area contributed by atoms with Crippen molar-refractivity contribution in [1.29, 1.82) is 0 Å². The molecule has 7 heteroatoms. The number of ether oxygens (including phenoxy) is 1. The number of hydrogen-bond acceptors (Lipinski definition) is 6. The van der Waals surface area contributed by atoms with Crippen molar-refractivity contribution in [3.8, 4) is 11.4 Å². The summed E-state index contributed by atoms with van der Waals surface area (Å²) in [6.45, 7) is 3.86. The minimum Gasteiger partial charge on any atom is -0.497 e. The number of aromatic nitrogens is 4. The van der Waals surface area contributed by atoms with E-state index in [-0.39, 0.29) is 11.0 Å². The van der Waals surface area contributed by atoms with Crippen LogP contribution in [-0.2, 0) is 0 Å². The maximum Gasteiger partial charge on any atom is 0.214 e. The molecule has 0 aliphatic rings. The van der Waals surface area contributed by atoms with E-state index in [1.165, 1.54) is 11.8 Å². The van der Waals surface area contributed by atoms with Gasteiger partial charge in [0.1, 0.15) is 5.75 Å². The van der Waals surface area contributed by atoms with Crippen LogP contribution in [0.25, 0.3) is 5.69 Å². The Morgan fingerprint density at radius 1 is 1.12 bits per heavy atom. The van der Waals surface area contributed by atoms with Crippen LogP contribution in [0.2, 0.25) is 0 Å². The van der Waals surface area contributed by atoms with Gasteiger partial charge in [-0.1, -0.05) is 41.6 Å². The van der Waals surface area contributed by atoms with E-state index in [1.54, 1.807) is 11.8 Å². The second kappa shape index (κ2) is 7.48. The molecule has 1 aromatic heterocycles. The Morgan fingerprint density at radius 2 is 1.80 bits per heavy atom. The monoisotopic (exact) mass is 354 g/mol. The van der Waals surface area contributed by atoms with Crippen molar-refractivity contribution in [2.75, 3.05) is 7.11 Å². The van der Waals surface area contributed by atoms with E-state index < -0.39 is 0 Å². The molecule has 25 heavy (non-hydrogen) atoms. The van der Waals surface area contributed by atoms with Crippen LogP contribution in [0.3, 0.4) is 0 Å². The van der Waals surface area contributed by atoms with Gasteiger partial charge >= 0.3 is 0 Å². The Labute approximate surface area is 150 Å². The van der Waals surface area contributed by atoms with Crippen LogP contribution in [0.4, 0.5) is 0 Å². The normalized spacial score (nSPS) is 12.0. The first-order valence-electron chi connectivity index (χ1n) is 7.79. The molecular weight excluding hydrogens is 336 g/mol. The van der Waals surface area contributed by atoms with E-state index >= 15 is 0 Å². The van der Waals surface area contributed by atoms with Gasteiger partial charge in [0, 0.05) is 5.56 Å². The molecule has 0 fully saturated rings. The van der Waals surface area contributed by atoms with Gasteiger partial charge in [0.25, 0.3) is 0 Å². The number of hydrogen-bond donors (Lipinski definition) is 0. The Morgan fingerprint density at radius 3 is 2.44 bits per heavy atom. The molecule has 1 heterocycles. The van der Waals surface area contributed by atoms with Gasteiger partial charge in [-0.2, -0.15) is 4.68 Å². The Bertz CT molecular complexity index is 860. The fourth-order valence-corrected chi connectivity index (χ4v) is 3.19. The minimum absolute atomic E-state index is 0.0503. The zero-order chi connectivity index (χ0) is 17.8. The Kier molecular flexibility index (Phi) is 5.14. The summed E-state index contributed by atoms with van der Waals surface area (Å²) in [5.41, 5.74) is 2.62. The van der Waals surface area contributed by atoms with Gasteiger partial charge in [0.2, 0.25) is 5.16 Å². The summed E-state index contributed by atoms with van der Waals surface area (Å²) in [5.74, 6) is 0.809. The van der Waals surface area contributed by atoms with E-state index in [1.807, 2.05) is 62.4 Å². The third-order valence-electron chi connectivity index (χ3n) is 3.75. The predicted octanol–water partition coefficient (Wildman–Crippen LogP) is 3.34. The third kappa shape index (κ3) is 3.88. The van der Waals surface area contributed by atoms with Crippen molar-refractivity contribution in [1.82, 2.24) is 20.2 Å². The number of rotatable bonds is 6. The van der Waals surface area contributed by atoms with Gasteiger partial charge in [-0.05, 0) is 48.5 Å². The number of thioether (sulfide) groups is 1. The molecule has 0 radical (unpaired) electrons. The van der Waals surface area contributed by atoms with Gasteiger partial charge in [-0.15, -0.1) is 5.10 Å². The number of carbonyl (C=O) groups excluding carboxylic acids is 1. The molecule has 6 nitrogen and oxygen atoms in total. The van der Waals surface area contributed by atoms with E-state index in [9.17, 15) is 4.79 Å². The Hall–Kier alpha value is -2.67. The zero-order valence-corrected chi connectivity index (χ0v) is 15.0. The molecule has 0 N–H and O–H groups in total. The first-order valence-corrected chi connectivity index (χ1v) is 8.67. The Balaban J connectivity index is 1.78. The minimum atomic E-state index is -0.300. The van der Waals surface area contributed by atoms with Crippen LogP contribution < -0.4 is 4.74 Å². The number of methoxy groups -OCH3 is 1. The highest BCUT2D eigenvalue weighted by molar-refractivity contribution is 8.00. The average molecular weight is 354 g/mol. The molecule has 0 spiro atoms. The van der Waals surface area contributed by atoms with Crippen molar-refractivity contribution in [2.45, 2.75) is 24.3 Å². The van der Waals surface area contributed by atoms with Gasteiger partial charge in [-0.3, -0.25) is 4.79 Å². The van der Waals surface area contributed by atoms with Crippen LogP contribution >= 0.6 is 11.8 Å². The lowest BCUT2D eigenvalue weighted by Crippen LogP contribution is -2.14. The number of nitrogens with zero attached hydrogens (tertiary/aromatic N) is 4. The zero-order valence-electron chi connectivity index (χ0n) is 14.2. The van der Waals surface area contributed by atoms with E-state index in [2.05, 4.69) is 15.5 Å².